The van der Waals surface area contributed by atoms with Crippen molar-refractivity contribution in [2.24, 2.45) is 0 Å². The Bertz CT molecular complexity index is 710. The SMILES string of the molecule is Cc1cc(C)cc(-c2ccccc2-c2ccccc2)c1.S. The van der Waals surface area contributed by atoms with Gasteiger partial charge in [-0.05, 0) is 36.1 Å². The molecule has 0 fully saturated rings. The predicted molar refractivity (Wildman–Crippen MR) is 97.2 cm³/mol. The van der Waals surface area contributed by atoms with Gasteiger partial charge in [-0.2, -0.15) is 13.5 Å². The molecule has 0 aliphatic rings. The molecule has 3 aromatic rings. The summed E-state index contributed by atoms with van der Waals surface area (Å²) in [6.07, 6.45) is 0. The summed E-state index contributed by atoms with van der Waals surface area (Å²) in [6.45, 7) is 4.31. The van der Waals surface area contributed by atoms with Gasteiger partial charge < -0.3 is 0 Å². The van der Waals surface area contributed by atoms with E-state index in [1.54, 1.807) is 0 Å². The van der Waals surface area contributed by atoms with Crippen LogP contribution in [-0.2, 0) is 0 Å². The van der Waals surface area contributed by atoms with E-state index in [4.69, 9.17) is 0 Å². The van der Waals surface area contributed by atoms with Crippen molar-refractivity contribution in [2.75, 3.05) is 0 Å². The van der Waals surface area contributed by atoms with Gasteiger partial charge in [-0.25, -0.2) is 0 Å². The molecule has 0 nitrogen and oxygen atoms in total. The van der Waals surface area contributed by atoms with E-state index in [1.807, 2.05) is 0 Å². The molecule has 0 atom stereocenters. The van der Waals surface area contributed by atoms with Crippen molar-refractivity contribution in [3.8, 4) is 22.3 Å². The summed E-state index contributed by atoms with van der Waals surface area (Å²) in [5.74, 6) is 0. The van der Waals surface area contributed by atoms with E-state index < -0.39 is 0 Å². The largest absolute Gasteiger partial charge is 0.197 e. The van der Waals surface area contributed by atoms with E-state index in [-0.39, 0.29) is 13.5 Å². The topological polar surface area (TPSA) is 0 Å². The van der Waals surface area contributed by atoms with Crippen LogP contribution in [0, 0.1) is 13.8 Å². The lowest BCUT2D eigenvalue weighted by Gasteiger charge is -2.11. The highest BCUT2D eigenvalue weighted by Gasteiger charge is 2.07. The van der Waals surface area contributed by atoms with Gasteiger partial charge in [0.1, 0.15) is 0 Å². The average Bonchev–Trinajstić information content (AvgIpc) is 2.47. The first kappa shape index (κ1) is 15.4. The normalized spacial score (nSPS) is 10.0. The highest BCUT2D eigenvalue weighted by molar-refractivity contribution is 7.59. The first-order chi connectivity index (χ1) is 9.74. The van der Waals surface area contributed by atoms with Crippen LogP contribution >= 0.6 is 13.5 Å². The van der Waals surface area contributed by atoms with Crippen LogP contribution in [0.1, 0.15) is 11.1 Å². The summed E-state index contributed by atoms with van der Waals surface area (Å²) in [4.78, 5) is 0. The molecule has 0 saturated heterocycles. The summed E-state index contributed by atoms with van der Waals surface area (Å²) in [6, 6.07) is 25.9. The molecule has 0 radical (unpaired) electrons. The summed E-state index contributed by atoms with van der Waals surface area (Å²) >= 11 is 0. The molecule has 0 unspecified atom stereocenters. The lowest BCUT2D eigenvalue weighted by Crippen LogP contribution is -1.87. The number of hydrogen-bond donors (Lipinski definition) is 0. The lowest BCUT2D eigenvalue weighted by atomic mass is 9.93. The maximum absolute atomic E-state index is 2.26. The van der Waals surface area contributed by atoms with Gasteiger partial charge in [0.15, 0.2) is 0 Å². The monoisotopic (exact) mass is 292 g/mol. The molecule has 1 heteroatoms. The summed E-state index contributed by atoms with van der Waals surface area (Å²) in [5, 5.41) is 0. The lowest BCUT2D eigenvalue weighted by molar-refractivity contribution is 1.38. The van der Waals surface area contributed by atoms with Crippen LogP contribution in [0.4, 0.5) is 0 Å². The molecule has 0 spiro atoms. The van der Waals surface area contributed by atoms with Gasteiger partial charge in [-0.1, -0.05) is 83.9 Å². The summed E-state index contributed by atoms with van der Waals surface area (Å²) in [7, 11) is 0. The van der Waals surface area contributed by atoms with Crippen molar-refractivity contribution in [3.63, 3.8) is 0 Å². The highest BCUT2D eigenvalue weighted by Crippen LogP contribution is 2.32. The molecule has 3 aromatic carbocycles. The van der Waals surface area contributed by atoms with Gasteiger partial charge in [0, 0.05) is 0 Å². The zero-order valence-corrected chi connectivity index (χ0v) is 13.4. The zero-order chi connectivity index (χ0) is 13.9. The Morgan fingerprint density at radius 3 is 1.57 bits per heavy atom. The third-order valence-electron chi connectivity index (χ3n) is 3.54. The van der Waals surface area contributed by atoms with E-state index in [0.29, 0.717) is 0 Å². The van der Waals surface area contributed by atoms with Crippen LogP contribution in [0.25, 0.3) is 22.3 Å². The average molecular weight is 292 g/mol. The maximum atomic E-state index is 2.26. The Balaban J connectivity index is 0.00000161. The van der Waals surface area contributed by atoms with Crippen LogP contribution in [-0.4, -0.2) is 0 Å². The minimum absolute atomic E-state index is 0. The standard InChI is InChI=1S/C20H18.H2S/c1-15-12-16(2)14-18(13-15)20-11-7-6-10-19(20)17-8-4-3-5-9-17;/h3-14H,1-2H3;1H2. The minimum atomic E-state index is 0. The molecule has 21 heavy (non-hydrogen) atoms. The molecule has 0 aromatic heterocycles. The van der Waals surface area contributed by atoms with Crippen molar-refractivity contribution in [1.82, 2.24) is 0 Å². The predicted octanol–water partition coefficient (Wildman–Crippen LogP) is 5.75. The summed E-state index contributed by atoms with van der Waals surface area (Å²) in [5.41, 5.74) is 7.76. The molecule has 0 amide bonds. The fourth-order valence-corrected chi connectivity index (χ4v) is 2.73. The van der Waals surface area contributed by atoms with Crippen LogP contribution in [0.2, 0.25) is 0 Å². The Hall–Kier alpha value is -1.99. The number of aryl methyl sites for hydroxylation is 2. The van der Waals surface area contributed by atoms with E-state index >= 15 is 0 Å². The van der Waals surface area contributed by atoms with Gasteiger partial charge in [-0.15, -0.1) is 0 Å². The Kier molecular flexibility index (Phi) is 4.87. The van der Waals surface area contributed by atoms with Crippen LogP contribution in [0.3, 0.4) is 0 Å². The van der Waals surface area contributed by atoms with E-state index in [2.05, 4.69) is 86.6 Å². The fourth-order valence-electron chi connectivity index (χ4n) is 2.73. The molecular weight excluding hydrogens is 272 g/mol. The third-order valence-corrected chi connectivity index (χ3v) is 3.54. The second-order valence-corrected chi connectivity index (χ2v) is 5.29. The van der Waals surface area contributed by atoms with E-state index in [0.717, 1.165) is 0 Å². The van der Waals surface area contributed by atoms with Crippen LogP contribution in [0.15, 0.2) is 72.8 Å². The molecule has 0 bridgehead atoms. The Morgan fingerprint density at radius 1 is 0.524 bits per heavy atom. The van der Waals surface area contributed by atoms with Crippen molar-refractivity contribution < 1.29 is 0 Å². The van der Waals surface area contributed by atoms with Crippen molar-refractivity contribution in [1.29, 1.82) is 0 Å². The van der Waals surface area contributed by atoms with Crippen molar-refractivity contribution in [2.45, 2.75) is 13.8 Å². The van der Waals surface area contributed by atoms with Crippen molar-refractivity contribution in [3.05, 3.63) is 83.9 Å². The second-order valence-electron chi connectivity index (χ2n) is 5.29. The zero-order valence-electron chi connectivity index (χ0n) is 12.4. The second kappa shape index (κ2) is 6.64. The highest BCUT2D eigenvalue weighted by atomic mass is 32.1. The first-order valence-electron chi connectivity index (χ1n) is 6.97. The molecule has 0 N–H and O–H groups in total. The Labute approximate surface area is 133 Å². The van der Waals surface area contributed by atoms with Gasteiger partial charge in [0.05, 0.1) is 0 Å². The van der Waals surface area contributed by atoms with Gasteiger partial charge >= 0.3 is 0 Å². The third kappa shape index (κ3) is 3.37. The molecule has 0 aliphatic heterocycles. The van der Waals surface area contributed by atoms with E-state index in [9.17, 15) is 0 Å². The van der Waals surface area contributed by atoms with Gasteiger partial charge in [0.25, 0.3) is 0 Å². The first-order valence-corrected chi connectivity index (χ1v) is 6.97. The quantitative estimate of drug-likeness (QED) is 0.564. The number of hydrogen-bond acceptors (Lipinski definition) is 0. The molecule has 0 heterocycles. The number of rotatable bonds is 2. The minimum Gasteiger partial charge on any atom is -0.197 e. The molecule has 0 aliphatic carbocycles. The Morgan fingerprint density at radius 2 is 1.00 bits per heavy atom. The van der Waals surface area contributed by atoms with Crippen LogP contribution in [0.5, 0.6) is 0 Å². The maximum Gasteiger partial charge on any atom is -0.0105 e. The van der Waals surface area contributed by atoms with Gasteiger partial charge in [0.2, 0.25) is 0 Å². The molecule has 106 valence electrons. The number of benzene rings is 3. The van der Waals surface area contributed by atoms with Crippen molar-refractivity contribution >= 4 is 13.5 Å². The molecular formula is C20H20S. The summed E-state index contributed by atoms with van der Waals surface area (Å²) < 4.78 is 0. The van der Waals surface area contributed by atoms with Gasteiger partial charge in [-0.3, -0.25) is 0 Å². The molecule has 3 rings (SSSR count). The fraction of sp³-hybridized carbons (Fsp3) is 0.100. The smallest absolute Gasteiger partial charge is 0.0105 e. The van der Waals surface area contributed by atoms with E-state index in [1.165, 1.54) is 33.4 Å². The molecule has 0 saturated carbocycles. The van der Waals surface area contributed by atoms with Crippen LogP contribution < -0.4 is 0 Å².